The van der Waals surface area contributed by atoms with E-state index in [2.05, 4.69) is 0 Å². The highest BCUT2D eigenvalue weighted by molar-refractivity contribution is 7.72. The van der Waals surface area contributed by atoms with E-state index in [1.165, 1.54) is 0 Å². The minimum absolute atomic E-state index is 0.210. The minimum Gasteiger partial charge on any atom is -0.443 e. The van der Waals surface area contributed by atoms with Gasteiger partial charge in [0, 0.05) is 20.8 Å². The zero-order valence-electron chi connectivity index (χ0n) is 7.57. The summed E-state index contributed by atoms with van der Waals surface area (Å²) < 4.78 is 4.79. The third kappa shape index (κ3) is 2.34. The van der Waals surface area contributed by atoms with Crippen molar-refractivity contribution in [2.75, 3.05) is 13.3 Å². The molecule has 0 unspecified atom stereocenters. The molecular weight excluding hydrogens is 191 g/mol. The largest absolute Gasteiger partial charge is 0.443 e. The zero-order valence-corrected chi connectivity index (χ0v) is 8.47. The molecule has 0 aromatic rings. The van der Waals surface area contributed by atoms with E-state index >= 15 is 0 Å². The molecule has 72 valence electrons. The fourth-order valence-electron chi connectivity index (χ4n) is 1.03. The summed E-state index contributed by atoms with van der Waals surface area (Å²) in [6.07, 6.45) is -0.679. The van der Waals surface area contributed by atoms with Crippen LogP contribution in [0.3, 0.4) is 0 Å². The number of ketones is 2. The molecule has 5 heteroatoms. The Labute approximate surface area is 77.4 Å². The van der Waals surface area contributed by atoms with E-state index in [1.807, 2.05) is 0 Å². The van der Waals surface area contributed by atoms with Crippen LogP contribution >= 0.6 is 7.92 Å². The van der Waals surface area contributed by atoms with Crippen LogP contribution in [0.5, 0.6) is 0 Å². The Morgan fingerprint density at radius 2 is 1.77 bits per heavy atom. The first kappa shape index (κ1) is 10.3. The van der Waals surface area contributed by atoms with Crippen LogP contribution in [0.1, 0.15) is 12.8 Å². The molecule has 0 aromatic carbocycles. The van der Waals surface area contributed by atoms with Gasteiger partial charge in [0.2, 0.25) is 6.10 Å². The van der Waals surface area contributed by atoms with Crippen LogP contribution in [-0.2, 0) is 14.3 Å². The number of rotatable bonds is 2. The van der Waals surface area contributed by atoms with Crippen molar-refractivity contribution in [2.45, 2.75) is 18.9 Å². The van der Waals surface area contributed by atoms with Crippen molar-refractivity contribution in [1.82, 2.24) is 0 Å². The molecule has 1 saturated carbocycles. The minimum atomic E-state index is -1.10. The van der Waals surface area contributed by atoms with Crippen molar-refractivity contribution in [1.29, 1.82) is 0 Å². The SMILES string of the molecule is CP(C)C(=O)OC1C(=O)CCC1=O. The highest BCUT2D eigenvalue weighted by Crippen LogP contribution is 2.29. The summed E-state index contributed by atoms with van der Waals surface area (Å²) in [5.41, 5.74) is -0.427. The van der Waals surface area contributed by atoms with Crippen LogP contribution < -0.4 is 0 Å². The lowest BCUT2D eigenvalue weighted by Crippen LogP contribution is -2.26. The van der Waals surface area contributed by atoms with Crippen LogP contribution in [0.15, 0.2) is 0 Å². The van der Waals surface area contributed by atoms with Gasteiger partial charge >= 0.3 is 5.71 Å². The molecule has 0 aliphatic heterocycles. The summed E-state index contributed by atoms with van der Waals surface area (Å²) >= 11 is 0. The summed E-state index contributed by atoms with van der Waals surface area (Å²) in [6.45, 7) is 3.45. The Balaban J connectivity index is 2.58. The number of carbonyl (C=O) groups is 3. The quantitative estimate of drug-likeness (QED) is 0.498. The molecule has 0 amide bonds. The van der Waals surface area contributed by atoms with E-state index in [1.54, 1.807) is 13.3 Å². The molecule has 1 aliphatic rings. The average Bonchev–Trinajstić information content (AvgIpc) is 2.35. The molecular formula is C8H11O4P. The van der Waals surface area contributed by atoms with Crippen LogP contribution in [0.4, 0.5) is 4.79 Å². The van der Waals surface area contributed by atoms with Gasteiger partial charge in [-0.3, -0.25) is 9.59 Å². The third-order valence-corrected chi connectivity index (χ3v) is 2.62. The topological polar surface area (TPSA) is 60.4 Å². The standard InChI is InChI=1S/C8H11O4P/c1-13(2)8(11)12-7-5(9)3-4-6(7)10/h7H,3-4H2,1-2H3. The molecule has 13 heavy (non-hydrogen) atoms. The Morgan fingerprint density at radius 3 is 2.15 bits per heavy atom. The number of ether oxygens (including phenoxy) is 1. The fraction of sp³-hybridized carbons (Fsp3) is 0.625. The second kappa shape index (κ2) is 3.97. The van der Waals surface area contributed by atoms with Crippen LogP contribution in [-0.4, -0.2) is 36.7 Å². The van der Waals surface area contributed by atoms with Crippen LogP contribution in [0, 0.1) is 0 Å². The van der Waals surface area contributed by atoms with Gasteiger partial charge in [-0.1, -0.05) is 0 Å². The lowest BCUT2D eigenvalue weighted by Gasteiger charge is -2.10. The summed E-state index contributed by atoms with van der Waals surface area (Å²) in [5, 5.41) is 0. The third-order valence-electron chi connectivity index (χ3n) is 1.79. The highest BCUT2D eigenvalue weighted by Gasteiger charge is 2.36. The summed E-state index contributed by atoms with van der Waals surface area (Å²) in [7, 11) is -0.882. The molecule has 0 heterocycles. The Hall–Kier alpha value is -0.760. The van der Waals surface area contributed by atoms with Gasteiger partial charge in [0.15, 0.2) is 11.6 Å². The maximum atomic E-state index is 11.1. The molecule has 0 saturated heterocycles. The number of carbonyl (C=O) groups excluding carboxylic acids is 3. The van der Waals surface area contributed by atoms with E-state index in [-0.39, 0.29) is 24.4 Å². The van der Waals surface area contributed by atoms with Crippen molar-refractivity contribution in [3.8, 4) is 0 Å². The van der Waals surface area contributed by atoms with Gasteiger partial charge < -0.3 is 4.74 Å². The zero-order chi connectivity index (χ0) is 10.0. The fourth-order valence-corrected chi connectivity index (χ4v) is 1.34. The van der Waals surface area contributed by atoms with Crippen molar-refractivity contribution >= 4 is 25.2 Å². The lowest BCUT2D eigenvalue weighted by atomic mass is 10.3. The summed E-state index contributed by atoms with van der Waals surface area (Å²) in [6, 6.07) is 0. The van der Waals surface area contributed by atoms with Gasteiger partial charge in [-0.25, -0.2) is 4.79 Å². The van der Waals surface area contributed by atoms with Crippen LogP contribution in [0.2, 0.25) is 0 Å². The van der Waals surface area contributed by atoms with Crippen molar-refractivity contribution < 1.29 is 19.1 Å². The highest BCUT2D eigenvalue weighted by atomic mass is 31.1. The monoisotopic (exact) mass is 202 g/mol. The van der Waals surface area contributed by atoms with E-state index in [9.17, 15) is 14.4 Å². The first-order chi connectivity index (χ1) is 6.02. The lowest BCUT2D eigenvalue weighted by molar-refractivity contribution is -0.132. The van der Waals surface area contributed by atoms with Gasteiger partial charge in [0.1, 0.15) is 0 Å². The first-order valence-corrected chi connectivity index (χ1v) is 6.19. The summed E-state index contributed by atoms with van der Waals surface area (Å²) in [4.78, 5) is 33.2. The second-order valence-electron chi connectivity index (χ2n) is 3.09. The van der Waals surface area contributed by atoms with Gasteiger partial charge in [-0.15, -0.1) is 0 Å². The molecule has 0 bridgehead atoms. The van der Waals surface area contributed by atoms with Gasteiger partial charge in [0.05, 0.1) is 0 Å². The molecule has 0 aromatic heterocycles. The predicted molar refractivity (Wildman–Crippen MR) is 48.3 cm³/mol. The van der Waals surface area contributed by atoms with E-state index < -0.39 is 19.7 Å². The molecule has 1 fully saturated rings. The molecule has 0 atom stereocenters. The molecule has 1 aliphatic carbocycles. The molecule has 0 spiro atoms. The Morgan fingerprint density at radius 1 is 1.31 bits per heavy atom. The van der Waals surface area contributed by atoms with Gasteiger partial charge in [-0.05, 0) is 13.3 Å². The van der Waals surface area contributed by atoms with Gasteiger partial charge in [0.25, 0.3) is 0 Å². The van der Waals surface area contributed by atoms with E-state index in [0.717, 1.165) is 0 Å². The van der Waals surface area contributed by atoms with Crippen molar-refractivity contribution in [3.05, 3.63) is 0 Å². The van der Waals surface area contributed by atoms with Gasteiger partial charge in [-0.2, -0.15) is 0 Å². The smallest absolute Gasteiger partial charge is 0.326 e. The number of hydrogen-bond donors (Lipinski definition) is 0. The maximum absolute atomic E-state index is 11.1. The normalized spacial score (nSPS) is 18.4. The average molecular weight is 202 g/mol. The van der Waals surface area contributed by atoms with E-state index in [0.29, 0.717) is 0 Å². The molecule has 4 nitrogen and oxygen atoms in total. The number of Topliss-reactive ketones (excluding diaryl/α,β-unsaturated/α-hetero) is 2. The van der Waals surface area contributed by atoms with Crippen molar-refractivity contribution in [2.24, 2.45) is 0 Å². The number of hydrogen-bond acceptors (Lipinski definition) is 4. The Bertz CT molecular complexity index is 243. The maximum Gasteiger partial charge on any atom is 0.326 e. The second-order valence-corrected chi connectivity index (χ2v) is 5.24. The first-order valence-electron chi connectivity index (χ1n) is 3.95. The Kier molecular flexibility index (Phi) is 3.15. The molecule has 0 N–H and O–H groups in total. The van der Waals surface area contributed by atoms with E-state index in [4.69, 9.17) is 4.74 Å². The molecule has 1 rings (SSSR count). The summed E-state index contributed by atoms with van der Waals surface area (Å²) in [5.74, 6) is -0.537. The van der Waals surface area contributed by atoms with Crippen LogP contribution in [0.25, 0.3) is 0 Å². The predicted octanol–water partition coefficient (Wildman–Crippen LogP) is 1.17. The van der Waals surface area contributed by atoms with Crippen molar-refractivity contribution in [3.63, 3.8) is 0 Å². The molecule has 0 radical (unpaired) electrons.